The Labute approximate surface area is 111 Å². The molecule has 102 valence electrons. The number of nitrogens with one attached hydrogen (secondary N) is 1. The molecule has 0 saturated heterocycles. The van der Waals surface area contributed by atoms with Crippen LogP contribution in [0, 0.1) is 0 Å². The first-order valence-corrected chi connectivity index (χ1v) is 5.66. The van der Waals surface area contributed by atoms with Gasteiger partial charge in [0.15, 0.2) is 0 Å². The van der Waals surface area contributed by atoms with Crippen molar-refractivity contribution in [1.29, 1.82) is 0 Å². The highest BCUT2D eigenvalue weighted by Crippen LogP contribution is 2.25. The quantitative estimate of drug-likeness (QED) is 0.896. The summed E-state index contributed by atoms with van der Waals surface area (Å²) >= 11 is 0. The second kappa shape index (κ2) is 6.29. The zero-order chi connectivity index (χ0) is 12.3. The predicted octanol–water partition coefficient (Wildman–Crippen LogP) is 2.97. The molecule has 0 fully saturated rings. The van der Waals surface area contributed by atoms with E-state index < -0.39 is 12.6 Å². The lowest BCUT2D eigenvalue weighted by atomic mass is 10.1. The molecule has 6 heteroatoms. The highest BCUT2D eigenvalue weighted by Gasteiger charge is 2.28. The van der Waals surface area contributed by atoms with Crippen LogP contribution < -0.4 is 10.2 Å². The van der Waals surface area contributed by atoms with Crippen LogP contribution in [0.3, 0.4) is 0 Å². The van der Waals surface area contributed by atoms with Crippen LogP contribution in [-0.2, 0) is 6.54 Å². The molecule has 0 atom stereocenters. The van der Waals surface area contributed by atoms with Crippen molar-refractivity contribution in [2.75, 3.05) is 24.5 Å². The maximum Gasteiger partial charge on any atom is 0.390 e. The standard InChI is InChI=1S/C12H15F3N2.ClH/c13-12(14,15)5-7-17-8-6-16-9-10-3-1-2-4-11(10)17;/h1-4,16H,5-9H2;1H. The fraction of sp³-hybridized carbons (Fsp3) is 0.500. The fourth-order valence-corrected chi connectivity index (χ4v) is 2.02. The minimum absolute atomic E-state index is 0. The first-order chi connectivity index (χ1) is 8.06. The summed E-state index contributed by atoms with van der Waals surface area (Å²) in [6.07, 6.45) is -4.85. The Kier molecular flexibility index (Phi) is 5.28. The van der Waals surface area contributed by atoms with E-state index in [2.05, 4.69) is 5.32 Å². The summed E-state index contributed by atoms with van der Waals surface area (Å²) in [6, 6.07) is 7.62. The number of nitrogens with zero attached hydrogens (tertiary/aromatic N) is 1. The Balaban J connectivity index is 0.00000162. The van der Waals surface area contributed by atoms with E-state index in [0.717, 1.165) is 17.8 Å². The molecule has 1 aromatic rings. The lowest BCUT2D eigenvalue weighted by molar-refractivity contribution is -0.132. The van der Waals surface area contributed by atoms with E-state index in [0.29, 0.717) is 13.1 Å². The van der Waals surface area contributed by atoms with Gasteiger partial charge in [0, 0.05) is 31.9 Å². The summed E-state index contributed by atoms with van der Waals surface area (Å²) in [5.74, 6) is 0. The van der Waals surface area contributed by atoms with Crippen LogP contribution in [0.15, 0.2) is 24.3 Å². The normalized spacial score (nSPS) is 15.6. The van der Waals surface area contributed by atoms with Crippen LogP contribution in [0.1, 0.15) is 12.0 Å². The highest BCUT2D eigenvalue weighted by atomic mass is 35.5. The van der Waals surface area contributed by atoms with Crippen LogP contribution in [0.25, 0.3) is 0 Å². The number of fused-ring (bicyclic) bond motifs is 1. The first-order valence-electron chi connectivity index (χ1n) is 5.66. The topological polar surface area (TPSA) is 15.3 Å². The van der Waals surface area contributed by atoms with Crippen LogP contribution in [0.5, 0.6) is 0 Å². The van der Waals surface area contributed by atoms with Crippen LogP contribution in [-0.4, -0.2) is 25.8 Å². The fourth-order valence-electron chi connectivity index (χ4n) is 2.02. The van der Waals surface area contributed by atoms with E-state index in [9.17, 15) is 13.2 Å². The molecule has 0 spiro atoms. The van der Waals surface area contributed by atoms with Crippen molar-refractivity contribution in [2.24, 2.45) is 0 Å². The van der Waals surface area contributed by atoms with Crippen molar-refractivity contribution in [1.82, 2.24) is 5.32 Å². The van der Waals surface area contributed by atoms with Gasteiger partial charge in [0.1, 0.15) is 0 Å². The molecular weight excluding hydrogens is 265 g/mol. The van der Waals surface area contributed by atoms with Gasteiger partial charge < -0.3 is 10.2 Å². The van der Waals surface area contributed by atoms with Crippen molar-refractivity contribution in [2.45, 2.75) is 19.1 Å². The van der Waals surface area contributed by atoms with Gasteiger partial charge in [-0.15, -0.1) is 12.4 Å². The lowest BCUT2D eigenvalue weighted by Crippen LogP contribution is -2.32. The summed E-state index contributed by atoms with van der Waals surface area (Å²) in [4.78, 5) is 1.81. The Bertz CT molecular complexity index is 382. The number of hydrogen-bond acceptors (Lipinski definition) is 2. The van der Waals surface area contributed by atoms with Crippen molar-refractivity contribution in [3.05, 3.63) is 29.8 Å². The molecule has 1 aromatic carbocycles. The number of halogens is 4. The second-order valence-electron chi connectivity index (χ2n) is 4.16. The molecule has 0 aromatic heterocycles. The number of anilines is 1. The largest absolute Gasteiger partial charge is 0.390 e. The number of hydrogen-bond donors (Lipinski definition) is 1. The predicted molar refractivity (Wildman–Crippen MR) is 68.3 cm³/mol. The SMILES string of the molecule is Cl.FC(F)(F)CCN1CCNCc2ccccc21. The zero-order valence-corrected chi connectivity index (χ0v) is 10.7. The first kappa shape index (κ1) is 15.1. The van der Waals surface area contributed by atoms with Crippen molar-refractivity contribution < 1.29 is 13.2 Å². The minimum atomic E-state index is -4.09. The molecule has 1 N–H and O–H groups in total. The monoisotopic (exact) mass is 280 g/mol. The number of para-hydroxylation sites is 1. The smallest absolute Gasteiger partial charge is 0.370 e. The molecule has 0 bridgehead atoms. The molecule has 2 nitrogen and oxygen atoms in total. The lowest BCUT2D eigenvalue weighted by Gasteiger charge is -2.25. The third-order valence-electron chi connectivity index (χ3n) is 2.87. The van der Waals surface area contributed by atoms with E-state index in [1.165, 1.54) is 0 Å². The van der Waals surface area contributed by atoms with E-state index in [4.69, 9.17) is 0 Å². The Hall–Kier alpha value is -0.940. The van der Waals surface area contributed by atoms with Crippen LogP contribution in [0.4, 0.5) is 18.9 Å². The zero-order valence-electron chi connectivity index (χ0n) is 9.83. The molecule has 1 heterocycles. The molecule has 0 unspecified atom stereocenters. The molecular formula is C12H16ClF3N2. The number of alkyl halides is 3. The third kappa shape index (κ3) is 4.07. The molecule has 18 heavy (non-hydrogen) atoms. The van der Waals surface area contributed by atoms with Crippen LogP contribution >= 0.6 is 12.4 Å². The van der Waals surface area contributed by atoms with E-state index in [1.54, 1.807) is 0 Å². The Morgan fingerprint density at radius 2 is 1.94 bits per heavy atom. The number of benzene rings is 1. The van der Waals surface area contributed by atoms with Crippen molar-refractivity contribution in [3.63, 3.8) is 0 Å². The molecule has 1 aliphatic heterocycles. The maximum atomic E-state index is 12.2. The summed E-state index contributed by atoms with van der Waals surface area (Å²) in [6.45, 7) is 2.08. The Morgan fingerprint density at radius 3 is 2.67 bits per heavy atom. The molecule has 0 aliphatic carbocycles. The van der Waals surface area contributed by atoms with E-state index in [-0.39, 0.29) is 19.0 Å². The van der Waals surface area contributed by atoms with Gasteiger partial charge in [-0.2, -0.15) is 13.2 Å². The van der Waals surface area contributed by atoms with Gasteiger partial charge in [-0.3, -0.25) is 0 Å². The van der Waals surface area contributed by atoms with Gasteiger partial charge in [0.05, 0.1) is 6.42 Å². The summed E-state index contributed by atoms with van der Waals surface area (Å²) in [7, 11) is 0. The molecule has 0 radical (unpaired) electrons. The van der Waals surface area contributed by atoms with Gasteiger partial charge in [0.2, 0.25) is 0 Å². The molecule has 2 rings (SSSR count). The van der Waals surface area contributed by atoms with Gasteiger partial charge in [-0.25, -0.2) is 0 Å². The van der Waals surface area contributed by atoms with Gasteiger partial charge in [-0.1, -0.05) is 18.2 Å². The van der Waals surface area contributed by atoms with Gasteiger partial charge >= 0.3 is 6.18 Å². The average molecular weight is 281 g/mol. The average Bonchev–Trinajstić information content (AvgIpc) is 2.47. The molecule has 0 amide bonds. The maximum absolute atomic E-state index is 12.2. The Morgan fingerprint density at radius 1 is 1.22 bits per heavy atom. The third-order valence-corrected chi connectivity index (χ3v) is 2.87. The van der Waals surface area contributed by atoms with Crippen LogP contribution in [0.2, 0.25) is 0 Å². The van der Waals surface area contributed by atoms with Crippen molar-refractivity contribution in [3.8, 4) is 0 Å². The number of rotatable bonds is 2. The van der Waals surface area contributed by atoms with Crippen molar-refractivity contribution >= 4 is 18.1 Å². The van der Waals surface area contributed by atoms with E-state index >= 15 is 0 Å². The summed E-state index contributed by atoms with van der Waals surface area (Å²) < 4.78 is 36.7. The highest BCUT2D eigenvalue weighted by molar-refractivity contribution is 5.85. The van der Waals surface area contributed by atoms with Gasteiger partial charge in [-0.05, 0) is 11.6 Å². The molecule has 0 saturated carbocycles. The summed E-state index contributed by atoms with van der Waals surface area (Å²) in [5.41, 5.74) is 1.98. The van der Waals surface area contributed by atoms with Gasteiger partial charge in [0.25, 0.3) is 0 Å². The van der Waals surface area contributed by atoms with E-state index in [1.807, 2.05) is 29.2 Å². The molecule has 1 aliphatic rings. The summed E-state index contributed by atoms with van der Waals surface area (Å²) in [5, 5.41) is 3.21. The second-order valence-corrected chi connectivity index (χ2v) is 4.16. The minimum Gasteiger partial charge on any atom is -0.370 e.